The van der Waals surface area contributed by atoms with Gasteiger partial charge < -0.3 is 10.2 Å². The van der Waals surface area contributed by atoms with Crippen molar-refractivity contribution in [3.63, 3.8) is 0 Å². The largest absolute Gasteiger partial charge is 0.416 e. The highest BCUT2D eigenvalue weighted by atomic mass is 19.4. The van der Waals surface area contributed by atoms with Crippen LogP contribution in [-0.4, -0.2) is 20.1 Å². The minimum Gasteiger partial charge on any atom is -0.372 e. The Kier molecular flexibility index (Phi) is 3.52. The van der Waals surface area contributed by atoms with E-state index in [2.05, 4.69) is 5.32 Å². The van der Waals surface area contributed by atoms with Crippen LogP contribution in [0.5, 0.6) is 0 Å². The third-order valence-electron chi connectivity index (χ3n) is 3.27. The van der Waals surface area contributed by atoms with Gasteiger partial charge in [0.05, 0.1) is 5.56 Å². The molecule has 100 valence electrons. The number of halogens is 3. The number of nitrogens with zero attached hydrogens (tertiary/aromatic N) is 1. The van der Waals surface area contributed by atoms with Crippen LogP contribution in [0.3, 0.4) is 0 Å². The highest BCUT2D eigenvalue weighted by molar-refractivity contribution is 5.53. The molecule has 0 aromatic heterocycles. The SMILES string of the molecule is CNCc1ccc(N(C)C2CC2)cc1C(F)(F)F. The van der Waals surface area contributed by atoms with E-state index < -0.39 is 11.7 Å². The lowest BCUT2D eigenvalue weighted by Crippen LogP contribution is -2.21. The highest BCUT2D eigenvalue weighted by Crippen LogP contribution is 2.37. The van der Waals surface area contributed by atoms with Crippen LogP contribution < -0.4 is 10.2 Å². The van der Waals surface area contributed by atoms with Crippen molar-refractivity contribution in [1.29, 1.82) is 0 Å². The van der Waals surface area contributed by atoms with Gasteiger partial charge in [-0.05, 0) is 37.6 Å². The molecule has 0 spiro atoms. The number of alkyl halides is 3. The molecule has 0 amide bonds. The number of rotatable bonds is 4. The molecule has 2 nitrogen and oxygen atoms in total. The van der Waals surface area contributed by atoms with Crippen LogP contribution in [0, 0.1) is 0 Å². The van der Waals surface area contributed by atoms with Gasteiger partial charge in [-0.15, -0.1) is 0 Å². The van der Waals surface area contributed by atoms with E-state index in [0.717, 1.165) is 12.8 Å². The quantitative estimate of drug-likeness (QED) is 0.893. The molecular weight excluding hydrogens is 241 g/mol. The van der Waals surface area contributed by atoms with Gasteiger partial charge in [-0.1, -0.05) is 6.07 Å². The molecule has 1 aromatic carbocycles. The van der Waals surface area contributed by atoms with Gasteiger partial charge in [-0.2, -0.15) is 13.2 Å². The maximum absolute atomic E-state index is 13.0. The van der Waals surface area contributed by atoms with Crippen molar-refractivity contribution in [2.75, 3.05) is 19.0 Å². The topological polar surface area (TPSA) is 15.3 Å². The number of hydrogen-bond acceptors (Lipinski definition) is 2. The van der Waals surface area contributed by atoms with E-state index in [0.29, 0.717) is 11.7 Å². The monoisotopic (exact) mass is 258 g/mol. The predicted octanol–water partition coefficient (Wildman–Crippen LogP) is 3.02. The summed E-state index contributed by atoms with van der Waals surface area (Å²) in [5.74, 6) is 0. The van der Waals surface area contributed by atoms with Crippen molar-refractivity contribution in [3.8, 4) is 0 Å². The van der Waals surface area contributed by atoms with E-state index in [-0.39, 0.29) is 12.1 Å². The first-order valence-electron chi connectivity index (χ1n) is 6.01. The normalized spacial score (nSPS) is 15.8. The number of benzene rings is 1. The van der Waals surface area contributed by atoms with Crippen LogP contribution >= 0.6 is 0 Å². The van der Waals surface area contributed by atoms with Crippen molar-refractivity contribution >= 4 is 5.69 Å². The first-order valence-corrected chi connectivity index (χ1v) is 6.01. The molecule has 0 saturated heterocycles. The van der Waals surface area contributed by atoms with E-state index in [1.807, 2.05) is 11.9 Å². The zero-order chi connectivity index (χ0) is 13.3. The second-order valence-electron chi connectivity index (χ2n) is 4.71. The average molecular weight is 258 g/mol. The van der Waals surface area contributed by atoms with Gasteiger partial charge in [-0.25, -0.2) is 0 Å². The van der Waals surface area contributed by atoms with Gasteiger partial charge in [0.2, 0.25) is 0 Å². The fourth-order valence-electron chi connectivity index (χ4n) is 2.06. The van der Waals surface area contributed by atoms with Crippen molar-refractivity contribution < 1.29 is 13.2 Å². The summed E-state index contributed by atoms with van der Waals surface area (Å²) in [6.07, 6.45) is -2.17. The van der Waals surface area contributed by atoms with Crippen LogP contribution in [0.2, 0.25) is 0 Å². The Morgan fingerprint density at radius 1 is 1.33 bits per heavy atom. The summed E-state index contributed by atoms with van der Waals surface area (Å²) in [6.45, 7) is 0.224. The Morgan fingerprint density at radius 2 is 2.00 bits per heavy atom. The highest BCUT2D eigenvalue weighted by Gasteiger charge is 2.34. The zero-order valence-electron chi connectivity index (χ0n) is 10.5. The third kappa shape index (κ3) is 2.77. The van der Waals surface area contributed by atoms with Gasteiger partial charge in [0.1, 0.15) is 0 Å². The van der Waals surface area contributed by atoms with E-state index in [1.165, 1.54) is 6.07 Å². The summed E-state index contributed by atoms with van der Waals surface area (Å²) < 4.78 is 39.0. The summed E-state index contributed by atoms with van der Waals surface area (Å²) in [4.78, 5) is 1.93. The van der Waals surface area contributed by atoms with Gasteiger partial charge in [-0.3, -0.25) is 0 Å². The van der Waals surface area contributed by atoms with Crippen LogP contribution in [0.25, 0.3) is 0 Å². The van der Waals surface area contributed by atoms with Crippen LogP contribution in [0.1, 0.15) is 24.0 Å². The predicted molar refractivity (Wildman–Crippen MR) is 65.6 cm³/mol. The molecule has 1 aromatic rings. The maximum Gasteiger partial charge on any atom is 0.416 e. The van der Waals surface area contributed by atoms with Crippen LogP contribution in [0.15, 0.2) is 18.2 Å². The summed E-state index contributed by atoms with van der Waals surface area (Å²) in [7, 11) is 3.50. The molecule has 1 saturated carbocycles. The van der Waals surface area contributed by atoms with Gasteiger partial charge in [0.25, 0.3) is 0 Å². The third-order valence-corrected chi connectivity index (χ3v) is 3.27. The molecule has 0 unspecified atom stereocenters. The maximum atomic E-state index is 13.0. The lowest BCUT2D eigenvalue weighted by Gasteiger charge is -2.21. The number of anilines is 1. The van der Waals surface area contributed by atoms with E-state index >= 15 is 0 Å². The number of hydrogen-bond donors (Lipinski definition) is 1. The van der Waals surface area contributed by atoms with E-state index in [9.17, 15) is 13.2 Å². The molecule has 1 aliphatic carbocycles. The smallest absolute Gasteiger partial charge is 0.372 e. The zero-order valence-corrected chi connectivity index (χ0v) is 10.5. The lowest BCUT2D eigenvalue weighted by atomic mass is 10.1. The molecule has 5 heteroatoms. The summed E-state index contributed by atoms with van der Waals surface area (Å²) in [5.41, 5.74) is 0.393. The standard InChI is InChI=1S/C13H17F3N2/c1-17-8-9-3-4-11(18(2)10-5-6-10)7-12(9)13(14,15)16/h3-4,7,10,17H,5-6,8H2,1-2H3. The molecule has 0 bridgehead atoms. The van der Waals surface area contributed by atoms with Crippen molar-refractivity contribution in [2.45, 2.75) is 31.6 Å². The van der Waals surface area contributed by atoms with E-state index in [1.54, 1.807) is 19.2 Å². The Balaban J connectivity index is 2.34. The van der Waals surface area contributed by atoms with Gasteiger partial charge >= 0.3 is 6.18 Å². The summed E-state index contributed by atoms with van der Waals surface area (Å²) in [6, 6.07) is 4.99. The van der Waals surface area contributed by atoms with Crippen molar-refractivity contribution in [2.24, 2.45) is 0 Å². The molecule has 0 radical (unpaired) electrons. The second kappa shape index (κ2) is 4.80. The molecule has 1 aliphatic rings. The summed E-state index contributed by atoms with van der Waals surface area (Å²) >= 11 is 0. The van der Waals surface area contributed by atoms with Gasteiger partial charge in [0, 0.05) is 25.3 Å². The minimum absolute atomic E-state index is 0.224. The van der Waals surface area contributed by atoms with Crippen molar-refractivity contribution in [3.05, 3.63) is 29.3 Å². The Morgan fingerprint density at radius 3 is 2.50 bits per heavy atom. The number of nitrogens with one attached hydrogen (secondary N) is 1. The molecule has 0 aliphatic heterocycles. The average Bonchev–Trinajstić information content (AvgIpc) is 3.11. The van der Waals surface area contributed by atoms with Gasteiger partial charge in [0.15, 0.2) is 0 Å². The molecule has 2 rings (SSSR count). The first kappa shape index (κ1) is 13.2. The molecule has 0 heterocycles. The molecule has 18 heavy (non-hydrogen) atoms. The van der Waals surface area contributed by atoms with E-state index in [4.69, 9.17) is 0 Å². The molecule has 1 N–H and O–H groups in total. The Labute approximate surface area is 105 Å². The fourth-order valence-corrected chi connectivity index (χ4v) is 2.06. The van der Waals surface area contributed by atoms with Crippen LogP contribution in [-0.2, 0) is 12.7 Å². The Bertz CT molecular complexity index is 425. The molecule has 0 atom stereocenters. The minimum atomic E-state index is -4.30. The Hall–Kier alpha value is -1.23. The van der Waals surface area contributed by atoms with Crippen LogP contribution in [0.4, 0.5) is 18.9 Å². The molecular formula is C13H17F3N2. The summed E-state index contributed by atoms with van der Waals surface area (Å²) in [5, 5.41) is 2.77. The second-order valence-corrected chi connectivity index (χ2v) is 4.71. The fraction of sp³-hybridized carbons (Fsp3) is 0.538. The first-order chi connectivity index (χ1) is 8.43. The lowest BCUT2D eigenvalue weighted by molar-refractivity contribution is -0.138. The molecule has 1 fully saturated rings. The van der Waals surface area contributed by atoms with Crippen molar-refractivity contribution in [1.82, 2.24) is 5.32 Å².